The van der Waals surface area contributed by atoms with Gasteiger partial charge in [0.1, 0.15) is 0 Å². The van der Waals surface area contributed by atoms with Crippen molar-refractivity contribution in [2.75, 3.05) is 19.6 Å². The number of aryl methyl sites for hydroxylation is 2. The molecule has 2 heterocycles. The Hall–Kier alpha value is -2.38. The van der Waals surface area contributed by atoms with E-state index in [1.54, 1.807) is 9.58 Å². The largest absolute Gasteiger partial charge is 0.353 e. The Morgan fingerprint density at radius 2 is 1.85 bits per heavy atom. The molecule has 1 fully saturated rings. The van der Waals surface area contributed by atoms with Gasteiger partial charge in [0.2, 0.25) is 5.91 Å². The third-order valence-corrected chi connectivity index (χ3v) is 4.76. The molecule has 3 amide bonds. The van der Waals surface area contributed by atoms with Crippen LogP contribution in [0.5, 0.6) is 0 Å². The maximum absolute atomic E-state index is 12.2. The predicted molar refractivity (Wildman–Crippen MR) is 98.1 cm³/mol. The Morgan fingerprint density at radius 1 is 1.19 bits per heavy atom. The summed E-state index contributed by atoms with van der Waals surface area (Å²) in [5.74, 6) is -0.0343. The quantitative estimate of drug-likeness (QED) is 0.747. The SMILES string of the molecule is CCNC(=O)N1CCC(NC(=O)CCn2nc(C)c(C(C)=O)c2C)CC1. The molecule has 2 N–H and O–H groups in total. The van der Waals surface area contributed by atoms with Crippen LogP contribution in [0.3, 0.4) is 0 Å². The molecule has 1 aliphatic heterocycles. The molecule has 1 saturated heterocycles. The molecule has 0 spiro atoms. The van der Waals surface area contributed by atoms with Crippen LogP contribution >= 0.6 is 0 Å². The van der Waals surface area contributed by atoms with Gasteiger partial charge in [0.15, 0.2) is 5.78 Å². The molecule has 1 aromatic rings. The number of nitrogens with zero attached hydrogens (tertiary/aromatic N) is 3. The van der Waals surface area contributed by atoms with Crippen molar-refractivity contribution in [3.8, 4) is 0 Å². The van der Waals surface area contributed by atoms with Gasteiger partial charge in [-0.15, -0.1) is 0 Å². The summed E-state index contributed by atoms with van der Waals surface area (Å²) in [6.07, 6.45) is 1.84. The number of hydrogen-bond donors (Lipinski definition) is 2. The first-order valence-corrected chi connectivity index (χ1v) is 9.20. The first-order chi connectivity index (χ1) is 12.3. The standard InChI is InChI=1S/C18H29N5O3/c1-5-19-18(26)22-9-6-15(7-10-22)20-16(25)8-11-23-13(3)17(14(4)24)12(2)21-23/h15H,5-11H2,1-4H3,(H,19,26)(H,20,25). The Morgan fingerprint density at radius 3 is 2.38 bits per heavy atom. The lowest BCUT2D eigenvalue weighted by Crippen LogP contribution is -2.49. The number of amides is 3. The van der Waals surface area contributed by atoms with E-state index in [-0.39, 0.29) is 23.8 Å². The summed E-state index contributed by atoms with van der Waals surface area (Å²) in [5.41, 5.74) is 2.15. The molecule has 2 rings (SSSR count). The average molecular weight is 363 g/mol. The van der Waals surface area contributed by atoms with Crippen molar-refractivity contribution >= 4 is 17.7 Å². The van der Waals surface area contributed by atoms with E-state index in [0.29, 0.717) is 43.9 Å². The first kappa shape index (κ1) is 19.9. The molecule has 8 heteroatoms. The third-order valence-electron chi connectivity index (χ3n) is 4.76. The van der Waals surface area contributed by atoms with Gasteiger partial charge in [-0.3, -0.25) is 14.3 Å². The van der Waals surface area contributed by atoms with Crippen LogP contribution in [-0.4, -0.2) is 58.1 Å². The van der Waals surface area contributed by atoms with E-state index in [2.05, 4.69) is 15.7 Å². The van der Waals surface area contributed by atoms with Crippen LogP contribution in [0.25, 0.3) is 0 Å². The van der Waals surface area contributed by atoms with Crippen LogP contribution < -0.4 is 10.6 Å². The van der Waals surface area contributed by atoms with Crippen LogP contribution in [0, 0.1) is 13.8 Å². The van der Waals surface area contributed by atoms with Crippen molar-refractivity contribution in [1.82, 2.24) is 25.3 Å². The molecule has 0 bridgehead atoms. The lowest BCUT2D eigenvalue weighted by Gasteiger charge is -2.32. The second kappa shape index (κ2) is 8.82. The highest BCUT2D eigenvalue weighted by molar-refractivity contribution is 5.96. The van der Waals surface area contributed by atoms with E-state index in [1.165, 1.54) is 6.92 Å². The molecule has 0 radical (unpaired) electrons. The molecule has 26 heavy (non-hydrogen) atoms. The zero-order chi connectivity index (χ0) is 19.3. The van der Waals surface area contributed by atoms with Crippen LogP contribution in [0.15, 0.2) is 0 Å². The highest BCUT2D eigenvalue weighted by atomic mass is 16.2. The lowest BCUT2D eigenvalue weighted by atomic mass is 10.1. The molecule has 1 aromatic heterocycles. The van der Waals surface area contributed by atoms with Crippen LogP contribution in [0.2, 0.25) is 0 Å². The number of aromatic nitrogens is 2. The number of hydrogen-bond acceptors (Lipinski definition) is 4. The highest BCUT2D eigenvalue weighted by Crippen LogP contribution is 2.14. The average Bonchev–Trinajstić information content (AvgIpc) is 2.87. The molecular weight excluding hydrogens is 334 g/mol. The van der Waals surface area contributed by atoms with Gasteiger partial charge in [-0.1, -0.05) is 0 Å². The zero-order valence-corrected chi connectivity index (χ0v) is 16.1. The lowest BCUT2D eigenvalue weighted by molar-refractivity contribution is -0.122. The van der Waals surface area contributed by atoms with Gasteiger partial charge in [-0.05, 0) is 40.5 Å². The maximum Gasteiger partial charge on any atom is 0.317 e. The Labute approximate surface area is 154 Å². The number of likely N-dealkylation sites (tertiary alicyclic amines) is 1. The second-order valence-electron chi connectivity index (χ2n) is 6.74. The Kier molecular flexibility index (Phi) is 6.76. The Bertz CT molecular complexity index is 675. The van der Waals surface area contributed by atoms with Gasteiger partial charge in [0, 0.05) is 44.3 Å². The molecule has 0 unspecified atom stereocenters. The molecule has 0 atom stereocenters. The minimum absolute atomic E-state index is 0.00503. The van der Waals surface area contributed by atoms with E-state index in [1.807, 2.05) is 20.8 Å². The summed E-state index contributed by atoms with van der Waals surface area (Å²) >= 11 is 0. The summed E-state index contributed by atoms with van der Waals surface area (Å²) in [4.78, 5) is 37.5. The molecule has 144 valence electrons. The van der Waals surface area contributed by atoms with Crippen molar-refractivity contribution in [3.05, 3.63) is 17.0 Å². The summed E-state index contributed by atoms with van der Waals surface area (Å²) in [5, 5.41) is 10.2. The normalized spacial score (nSPS) is 15.0. The number of piperidine rings is 1. The number of Topliss-reactive ketones (excluding diaryl/α,β-unsaturated/α-hetero) is 1. The number of ketones is 1. The van der Waals surface area contributed by atoms with Crippen molar-refractivity contribution in [2.45, 2.75) is 59.5 Å². The van der Waals surface area contributed by atoms with Crippen molar-refractivity contribution in [1.29, 1.82) is 0 Å². The summed E-state index contributed by atoms with van der Waals surface area (Å²) in [6, 6.07) is 0.0597. The molecule has 0 saturated carbocycles. The predicted octanol–water partition coefficient (Wildman–Crippen LogP) is 1.40. The van der Waals surface area contributed by atoms with Crippen LogP contribution in [0.4, 0.5) is 4.79 Å². The van der Waals surface area contributed by atoms with E-state index in [9.17, 15) is 14.4 Å². The molecule has 0 aliphatic carbocycles. The summed E-state index contributed by atoms with van der Waals surface area (Å²) in [6.45, 7) is 9.45. The summed E-state index contributed by atoms with van der Waals surface area (Å²) < 4.78 is 1.73. The van der Waals surface area contributed by atoms with Crippen molar-refractivity contribution in [3.63, 3.8) is 0 Å². The number of carbonyl (C=O) groups excluding carboxylic acids is 3. The van der Waals surface area contributed by atoms with E-state index in [4.69, 9.17) is 0 Å². The van der Waals surface area contributed by atoms with Crippen LogP contribution in [0.1, 0.15) is 54.9 Å². The fourth-order valence-corrected chi connectivity index (χ4v) is 3.42. The summed E-state index contributed by atoms with van der Waals surface area (Å²) in [7, 11) is 0. The Balaban J connectivity index is 1.79. The van der Waals surface area contributed by atoms with E-state index < -0.39 is 0 Å². The van der Waals surface area contributed by atoms with E-state index >= 15 is 0 Å². The molecule has 0 aromatic carbocycles. The molecular formula is C18H29N5O3. The molecule has 1 aliphatic rings. The fourth-order valence-electron chi connectivity index (χ4n) is 3.42. The number of urea groups is 1. The topological polar surface area (TPSA) is 96.3 Å². The van der Waals surface area contributed by atoms with Crippen molar-refractivity contribution in [2.24, 2.45) is 0 Å². The van der Waals surface area contributed by atoms with Gasteiger partial charge in [0.05, 0.1) is 11.3 Å². The minimum atomic E-state index is -0.0388. The third kappa shape index (κ3) is 4.83. The monoisotopic (exact) mass is 363 g/mol. The minimum Gasteiger partial charge on any atom is -0.353 e. The fraction of sp³-hybridized carbons (Fsp3) is 0.667. The van der Waals surface area contributed by atoms with E-state index in [0.717, 1.165) is 18.5 Å². The van der Waals surface area contributed by atoms with Gasteiger partial charge in [0.25, 0.3) is 0 Å². The number of nitrogens with one attached hydrogen (secondary N) is 2. The van der Waals surface area contributed by atoms with Gasteiger partial charge < -0.3 is 15.5 Å². The number of rotatable bonds is 6. The maximum atomic E-state index is 12.2. The first-order valence-electron chi connectivity index (χ1n) is 9.20. The smallest absolute Gasteiger partial charge is 0.317 e. The van der Waals surface area contributed by atoms with Gasteiger partial charge >= 0.3 is 6.03 Å². The zero-order valence-electron chi connectivity index (χ0n) is 16.1. The number of carbonyl (C=O) groups is 3. The highest BCUT2D eigenvalue weighted by Gasteiger charge is 2.23. The van der Waals surface area contributed by atoms with Crippen molar-refractivity contribution < 1.29 is 14.4 Å². The molecule has 8 nitrogen and oxygen atoms in total. The van der Waals surface area contributed by atoms with Gasteiger partial charge in [-0.2, -0.15) is 5.10 Å². The van der Waals surface area contributed by atoms with Crippen LogP contribution in [-0.2, 0) is 11.3 Å². The van der Waals surface area contributed by atoms with Gasteiger partial charge in [-0.25, -0.2) is 4.79 Å². The second-order valence-corrected chi connectivity index (χ2v) is 6.74.